The molecule has 2 heterocycles. The van der Waals surface area contributed by atoms with Crippen LogP contribution in [0, 0.1) is 6.92 Å². The number of aryl methyl sites for hydroxylation is 1. The zero-order chi connectivity index (χ0) is 21.1. The Bertz CT molecular complexity index is 673. The average Bonchev–Trinajstić information content (AvgIpc) is 3.14. The Morgan fingerprint density at radius 3 is 2.55 bits per heavy atom. The number of hydrogen-bond acceptors (Lipinski definition) is 6. The first-order chi connectivity index (χ1) is 14.0. The third-order valence-corrected chi connectivity index (χ3v) is 5.05. The summed E-state index contributed by atoms with van der Waals surface area (Å²) >= 11 is 0. The molecule has 1 aliphatic rings. The molecule has 1 atom stereocenters. The molecule has 1 saturated heterocycles. The SMILES string of the molecule is CCCCCCCCCCOC(=O)CC1C(=O)NCCN1C(=O)c1cc(C)no1. The Labute approximate surface area is 172 Å². The number of esters is 1. The van der Waals surface area contributed by atoms with E-state index in [-0.39, 0.29) is 18.1 Å². The minimum atomic E-state index is -0.896. The molecule has 8 heteroatoms. The van der Waals surface area contributed by atoms with Crippen LogP contribution in [-0.2, 0) is 14.3 Å². The van der Waals surface area contributed by atoms with Gasteiger partial charge in [-0.05, 0) is 13.3 Å². The highest BCUT2D eigenvalue weighted by atomic mass is 16.5. The number of hydrogen-bond donors (Lipinski definition) is 1. The summed E-state index contributed by atoms with van der Waals surface area (Å²) in [5, 5.41) is 6.41. The first-order valence-electron chi connectivity index (χ1n) is 10.7. The standard InChI is InChI=1S/C21H33N3O5/c1-3-4-5-6-7-8-9-10-13-28-19(25)15-17-20(26)22-11-12-24(17)21(27)18-14-16(2)23-29-18/h14,17H,3-13,15H2,1-2H3,(H,22,26). The molecule has 0 aliphatic carbocycles. The molecule has 29 heavy (non-hydrogen) atoms. The average molecular weight is 408 g/mol. The van der Waals surface area contributed by atoms with Gasteiger partial charge in [-0.15, -0.1) is 0 Å². The lowest BCUT2D eigenvalue weighted by Crippen LogP contribution is -2.57. The normalized spacial score (nSPS) is 16.6. The van der Waals surface area contributed by atoms with Gasteiger partial charge in [-0.25, -0.2) is 0 Å². The van der Waals surface area contributed by atoms with Crippen LogP contribution in [0.3, 0.4) is 0 Å². The third kappa shape index (κ3) is 7.51. The topological polar surface area (TPSA) is 102 Å². The van der Waals surface area contributed by atoms with Crippen molar-refractivity contribution in [2.45, 2.75) is 77.7 Å². The van der Waals surface area contributed by atoms with Gasteiger partial charge in [-0.3, -0.25) is 14.4 Å². The summed E-state index contributed by atoms with van der Waals surface area (Å²) in [6.07, 6.45) is 9.13. The largest absolute Gasteiger partial charge is 0.466 e. The van der Waals surface area contributed by atoms with Gasteiger partial charge in [0.05, 0.1) is 18.7 Å². The molecule has 1 aliphatic heterocycles. The van der Waals surface area contributed by atoms with E-state index >= 15 is 0 Å². The van der Waals surface area contributed by atoms with E-state index in [1.807, 2.05) is 0 Å². The number of rotatable bonds is 12. The van der Waals surface area contributed by atoms with E-state index in [0.29, 0.717) is 25.4 Å². The van der Waals surface area contributed by atoms with E-state index < -0.39 is 17.9 Å². The second-order valence-corrected chi connectivity index (χ2v) is 7.54. The van der Waals surface area contributed by atoms with Gasteiger partial charge in [0.25, 0.3) is 5.91 Å². The van der Waals surface area contributed by atoms with E-state index in [4.69, 9.17) is 9.26 Å². The second kappa shape index (κ2) is 12.2. The number of nitrogens with one attached hydrogen (secondary N) is 1. The Morgan fingerprint density at radius 1 is 1.21 bits per heavy atom. The summed E-state index contributed by atoms with van der Waals surface area (Å²) in [4.78, 5) is 38.4. The van der Waals surface area contributed by atoms with Crippen LogP contribution < -0.4 is 5.32 Å². The molecule has 0 radical (unpaired) electrons. The molecule has 1 aromatic rings. The number of carbonyl (C=O) groups is 3. The highest BCUT2D eigenvalue weighted by Crippen LogP contribution is 2.16. The fourth-order valence-electron chi connectivity index (χ4n) is 3.41. The summed E-state index contributed by atoms with van der Waals surface area (Å²) in [6.45, 7) is 4.90. The van der Waals surface area contributed by atoms with E-state index in [9.17, 15) is 14.4 Å². The van der Waals surface area contributed by atoms with Crippen LogP contribution in [0.15, 0.2) is 10.6 Å². The number of piperazine rings is 1. The fourth-order valence-corrected chi connectivity index (χ4v) is 3.41. The molecule has 2 amide bonds. The molecule has 1 fully saturated rings. The van der Waals surface area contributed by atoms with Crippen LogP contribution in [-0.4, -0.2) is 53.6 Å². The molecular weight excluding hydrogens is 374 g/mol. The van der Waals surface area contributed by atoms with Gasteiger partial charge in [-0.1, -0.05) is 57.0 Å². The molecule has 0 spiro atoms. The molecule has 0 bridgehead atoms. The van der Waals surface area contributed by atoms with Crippen molar-refractivity contribution in [3.63, 3.8) is 0 Å². The second-order valence-electron chi connectivity index (χ2n) is 7.54. The van der Waals surface area contributed by atoms with Crippen LogP contribution in [0.1, 0.15) is 81.0 Å². The van der Waals surface area contributed by atoms with Gasteiger partial charge < -0.3 is 19.5 Å². The van der Waals surface area contributed by atoms with Gasteiger partial charge in [0.2, 0.25) is 11.7 Å². The lowest BCUT2D eigenvalue weighted by Gasteiger charge is -2.33. The highest BCUT2D eigenvalue weighted by Gasteiger charge is 2.36. The van der Waals surface area contributed by atoms with Crippen molar-refractivity contribution in [1.82, 2.24) is 15.4 Å². The summed E-state index contributed by atoms with van der Waals surface area (Å²) in [6, 6.07) is 0.625. The zero-order valence-corrected chi connectivity index (χ0v) is 17.6. The number of unbranched alkanes of at least 4 members (excludes halogenated alkanes) is 7. The molecule has 0 saturated carbocycles. The number of carbonyl (C=O) groups excluding carboxylic acids is 3. The van der Waals surface area contributed by atoms with Crippen molar-refractivity contribution in [2.24, 2.45) is 0 Å². The molecule has 1 N–H and O–H groups in total. The maximum atomic E-state index is 12.6. The Kier molecular flexibility index (Phi) is 9.67. The van der Waals surface area contributed by atoms with E-state index in [1.54, 1.807) is 6.92 Å². The van der Waals surface area contributed by atoms with Crippen LogP contribution in [0.2, 0.25) is 0 Å². The number of ether oxygens (including phenoxy) is 1. The minimum Gasteiger partial charge on any atom is -0.466 e. The Hall–Kier alpha value is -2.38. The molecular formula is C21H33N3O5. The van der Waals surface area contributed by atoms with Gasteiger partial charge in [0, 0.05) is 19.2 Å². The lowest BCUT2D eigenvalue weighted by atomic mass is 10.1. The number of amides is 2. The summed E-state index contributed by atoms with van der Waals surface area (Å²) in [7, 11) is 0. The monoisotopic (exact) mass is 407 g/mol. The molecule has 1 unspecified atom stereocenters. The molecule has 8 nitrogen and oxygen atoms in total. The molecule has 2 rings (SSSR count). The van der Waals surface area contributed by atoms with E-state index in [1.165, 1.54) is 43.1 Å². The van der Waals surface area contributed by atoms with Gasteiger partial charge in [0.15, 0.2) is 0 Å². The number of aromatic nitrogens is 1. The zero-order valence-electron chi connectivity index (χ0n) is 17.6. The quantitative estimate of drug-likeness (QED) is 0.422. The summed E-state index contributed by atoms with van der Waals surface area (Å²) < 4.78 is 10.3. The first kappa shape index (κ1) is 22.9. The van der Waals surface area contributed by atoms with E-state index in [0.717, 1.165) is 19.3 Å². The fraction of sp³-hybridized carbons (Fsp3) is 0.714. The maximum Gasteiger partial charge on any atom is 0.308 e. The third-order valence-electron chi connectivity index (χ3n) is 5.05. The van der Waals surface area contributed by atoms with Crippen molar-refractivity contribution >= 4 is 17.8 Å². The van der Waals surface area contributed by atoms with Gasteiger partial charge in [-0.2, -0.15) is 0 Å². The summed E-state index contributed by atoms with van der Waals surface area (Å²) in [5.41, 5.74) is 0.580. The van der Waals surface area contributed by atoms with Gasteiger partial charge >= 0.3 is 5.97 Å². The molecule has 0 aromatic carbocycles. The molecule has 162 valence electrons. The van der Waals surface area contributed by atoms with Crippen LogP contribution in [0.4, 0.5) is 0 Å². The summed E-state index contributed by atoms with van der Waals surface area (Å²) in [5.74, 6) is -1.21. The highest BCUT2D eigenvalue weighted by molar-refractivity contribution is 5.97. The van der Waals surface area contributed by atoms with Crippen molar-refractivity contribution in [3.8, 4) is 0 Å². The maximum absolute atomic E-state index is 12.6. The van der Waals surface area contributed by atoms with Crippen molar-refractivity contribution < 1.29 is 23.6 Å². The predicted molar refractivity (Wildman–Crippen MR) is 107 cm³/mol. The predicted octanol–water partition coefficient (Wildman–Crippen LogP) is 3.00. The first-order valence-corrected chi connectivity index (χ1v) is 10.7. The Morgan fingerprint density at radius 2 is 1.90 bits per heavy atom. The van der Waals surface area contributed by atoms with Gasteiger partial charge in [0.1, 0.15) is 6.04 Å². The Balaban J connectivity index is 1.73. The smallest absolute Gasteiger partial charge is 0.308 e. The van der Waals surface area contributed by atoms with Crippen LogP contribution in [0.5, 0.6) is 0 Å². The van der Waals surface area contributed by atoms with Crippen molar-refractivity contribution in [2.75, 3.05) is 19.7 Å². The van der Waals surface area contributed by atoms with Crippen LogP contribution in [0.25, 0.3) is 0 Å². The van der Waals surface area contributed by atoms with Crippen LogP contribution >= 0.6 is 0 Å². The van der Waals surface area contributed by atoms with E-state index in [2.05, 4.69) is 17.4 Å². The molecule has 1 aromatic heterocycles. The van der Waals surface area contributed by atoms with Crippen molar-refractivity contribution in [1.29, 1.82) is 0 Å². The lowest BCUT2D eigenvalue weighted by molar-refractivity contribution is -0.147. The van der Waals surface area contributed by atoms with Crippen molar-refractivity contribution in [3.05, 3.63) is 17.5 Å². The minimum absolute atomic E-state index is 0.0644. The number of nitrogens with zero attached hydrogens (tertiary/aromatic N) is 2.